The molecule has 1 heterocycles. The number of benzene rings is 1. The van der Waals surface area contributed by atoms with E-state index in [1.165, 1.54) is 11.3 Å². The molecule has 1 aliphatic rings. The summed E-state index contributed by atoms with van der Waals surface area (Å²) < 4.78 is 0. The normalized spacial score (nSPS) is 21.2. The van der Waals surface area contributed by atoms with E-state index >= 15 is 0 Å². The van der Waals surface area contributed by atoms with E-state index in [2.05, 4.69) is 31.0 Å². The molecule has 18 heavy (non-hydrogen) atoms. The molecule has 1 aromatic rings. The third kappa shape index (κ3) is 2.46. The summed E-state index contributed by atoms with van der Waals surface area (Å²) in [7, 11) is 2.06. The van der Waals surface area contributed by atoms with Gasteiger partial charge in [0, 0.05) is 31.9 Å². The van der Waals surface area contributed by atoms with Gasteiger partial charge in [-0.05, 0) is 25.5 Å². The number of anilines is 1. The van der Waals surface area contributed by atoms with Crippen molar-refractivity contribution in [2.24, 2.45) is 0 Å². The number of para-hydroxylation sites is 1. The molecule has 4 heteroatoms. The second-order valence-electron chi connectivity index (χ2n) is 4.94. The lowest BCUT2D eigenvalue weighted by atomic mass is 10.1. The van der Waals surface area contributed by atoms with Crippen LogP contribution in [0.25, 0.3) is 0 Å². The van der Waals surface area contributed by atoms with Gasteiger partial charge in [0.05, 0.1) is 0 Å². The van der Waals surface area contributed by atoms with Gasteiger partial charge in [0.25, 0.3) is 0 Å². The third-order valence-electron chi connectivity index (χ3n) is 3.44. The Labute approximate surface area is 113 Å². The molecule has 98 valence electrons. The minimum absolute atomic E-state index is 0.00858. The van der Waals surface area contributed by atoms with Crippen molar-refractivity contribution in [2.45, 2.75) is 31.8 Å². The summed E-state index contributed by atoms with van der Waals surface area (Å²) in [6.45, 7) is 5.26. The Morgan fingerprint density at radius 2 is 2.11 bits per heavy atom. The van der Waals surface area contributed by atoms with Crippen molar-refractivity contribution in [1.82, 2.24) is 4.90 Å². The van der Waals surface area contributed by atoms with E-state index in [-0.39, 0.29) is 11.9 Å². The molecule has 1 amide bonds. The van der Waals surface area contributed by atoms with Gasteiger partial charge < -0.3 is 9.80 Å². The highest BCUT2D eigenvalue weighted by molar-refractivity contribution is 6.30. The average molecular weight is 267 g/mol. The molecule has 0 saturated heterocycles. The number of nitrogens with zero attached hydrogens (tertiary/aromatic N) is 2. The maximum Gasteiger partial charge on any atom is 0.240 e. The third-order valence-corrected chi connectivity index (χ3v) is 3.62. The van der Waals surface area contributed by atoms with E-state index in [4.69, 9.17) is 11.6 Å². The van der Waals surface area contributed by atoms with Crippen molar-refractivity contribution in [1.29, 1.82) is 0 Å². The Hall–Kier alpha value is -1.22. The van der Waals surface area contributed by atoms with Crippen LogP contribution in [-0.2, 0) is 11.3 Å². The zero-order valence-electron chi connectivity index (χ0n) is 11.1. The highest BCUT2D eigenvalue weighted by Gasteiger charge is 2.28. The maximum atomic E-state index is 12.2. The van der Waals surface area contributed by atoms with E-state index in [1.54, 1.807) is 6.92 Å². The van der Waals surface area contributed by atoms with Gasteiger partial charge in [-0.2, -0.15) is 0 Å². The van der Waals surface area contributed by atoms with Gasteiger partial charge in [-0.1, -0.05) is 18.2 Å². The number of hydrogen-bond donors (Lipinski definition) is 0. The molecule has 0 aromatic heterocycles. The van der Waals surface area contributed by atoms with Gasteiger partial charge in [-0.25, -0.2) is 0 Å². The summed E-state index contributed by atoms with van der Waals surface area (Å²) in [5.74, 6) is 0.00858. The van der Waals surface area contributed by atoms with E-state index in [1.807, 2.05) is 17.0 Å². The van der Waals surface area contributed by atoms with Crippen LogP contribution in [0.1, 0.15) is 19.4 Å². The number of carbonyl (C=O) groups excluding carboxylic acids is 1. The molecule has 0 saturated carbocycles. The smallest absolute Gasteiger partial charge is 0.240 e. The molecular formula is C14H19ClN2O. The standard InChI is InChI=1S/C14H19ClN2O/c1-10-8-16(3)13-7-5-4-6-12(13)9-17(10)14(18)11(2)15/h4-7,10-11H,8-9H2,1-3H3/t10-,11?/m0/s1. The number of rotatable bonds is 1. The van der Waals surface area contributed by atoms with Crippen LogP contribution in [0.3, 0.4) is 0 Å². The first-order valence-corrected chi connectivity index (χ1v) is 6.68. The van der Waals surface area contributed by atoms with Crippen LogP contribution in [0.15, 0.2) is 24.3 Å². The van der Waals surface area contributed by atoms with Crippen molar-refractivity contribution >= 4 is 23.2 Å². The van der Waals surface area contributed by atoms with Crippen LogP contribution in [0, 0.1) is 0 Å². The molecule has 0 aliphatic carbocycles. The van der Waals surface area contributed by atoms with Crippen molar-refractivity contribution in [3.8, 4) is 0 Å². The van der Waals surface area contributed by atoms with Crippen molar-refractivity contribution in [2.75, 3.05) is 18.5 Å². The summed E-state index contributed by atoms with van der Waals surface area (Å²) in [5, 5.41) is -0.469. The lowest BCUT2D eigenvalue weighted by Crippen LogP contribution is -2.44. The highest BCUT2D eigenvalue weighted by atomic mass is 35.5. The maximum absolute atomic E-state index is 12.2. The highest BCUT2D eigenvalue weighted by Crippen LogP contribution is 2.26. The van der Waals surface area contributed by atoms with Crippen LogP contribution in [0.2, 0.25) is 0 Å². The average Bonchev–Trinajstić information content (AvgIpc) is 2.46. The molecule has 2 rings (SSSR count). The largest absolute Gasteiger partial charge is 0.372 e. The Kier molecular flexibility index (Phi) is 3.81. The minimum atomic E-state index is -0.469. The summed E-state index contributed by atoms with van der Waals surface area (Å²) in [5.41, 5.74) is 2.37. The molecule has 1 unspecified atom stereocenters. The van der Waals surface area contributed by atoms with Crippen LogP contribution in [0.5, 0.6) is 0 Å². The fourth-order valence-corrected chi connectivity index (χ4v) is 2.60. The lowest BCUT2D eigenvalue weighted by molar-refractivity contribution is -0.132. The van der Waals surface area contributed by atoms with Crippen molar-refractivity contribution in [3.05, 3.63) is 29.8 Å². The summed E-state index contributed by atoms with van der Waals surface area (Å²) in [4.78, 5) is 16.2. The molecule has 1 aliphatic heterocycles. The van der Waals surface area contributed by atoms with Gasteiger partial charge in [0.1, 0.15) is 5.38 Å². The van der Waals surface area contributed by atoms with E-state index in [0.29, 0.717) is 6.54 Å². The Balaban J connectivity index is 2.34. The summed E-state index contributed by atoms with van der Waals surface area (Å²) >= 11 is 5.94. The molecule has 0 radical (unpaired) electrons. The van der Waals surface area contributed by atoms with E-state index < -0.39 is 5.38 Å². The van der Waals surface area contributed by atoms with Crippen LogP contribution in [-0.4, -0.2) is 35.8 Å². The van der Waals surface area contributed by atoms with E-state index in [9.17, 15) is 4.79 Å². The monoisotopic (exact) mass is 266 g/mol. The Morgan fingerprint density at radius 3 is 2.78 bits per heavy atom. The molecule has 1 aromatic carbocycles. The molecule has 0 spiro atoms. The van der Waals surface area contributed by atoms with Crippen LogP contribution >= 0.6 is 11.6 Å². The molecule has 3 nitrogen and oxygen atoms in total. The van der Waals surface area contributed by atoms with Gasteiger partial charge in [0.2, 0.25) is 5.91 Å². The fraction of sp³-hybridized carbons (Fsp3) is 0.500. The van der Waals surface area contributed by atoms with Gasteiger partial charge in [0.15, 0.2) is 0 Å². The van der Waals surface area contributed by atoms with Crippen LogP contribution in [0.4, 0.5) is 5.69 Å². The minimum Gasteiger partial charge on any atom is -0.372 e. The summed E-state index contributed by atoms with van der Waals surface area (Å²) in [6.07, 6.45) is 0. The second-order valence-corrected chi connectivity index (χ2v) is 5.60. The zero-order chi connectivity index (χ0) is 13.3. The van der Waals surface area contributed by atoms with Gasteiger partial charge >= 0.3 is 0 Å². The summed E-state index contributed by atoms with van der Waals surface area (Å²) in [6, 6.07) is 8.37. The van der Waals surface area contributed by atoms with Gasteiger partial charge in [-0.3, -0.25) is 4.79 Å². The number of alkyl halides is 1. The van der Waals surface area contributed by atoms with Gasteiger partial charge in [-0.15, -0.1) is 11.6 Å². The van der Waals surface area contributed by atoms with Crippen molar-refractivity contribution < 1.29 is 4.79 Å². The molecule has 0 bridgehead atoms. The molecule has 2 atom stereocenters. The number of halogens is 1. The number of amides is 1. The first-order chi connectivity index (χ1) is 8.50. The topological polar surface area (TPSA) is 23.6 Å². The predicted octanol–water partition coefficient (Wildman–Crippen LogP) is 2.48. The predicted molar refractivity (Wildman–Crippen MR) is 75.0 cm³/mol. The number of hydrogen-bond acceptors (Lipinski definition) is 2. The first-order valence-electron chi connectivity index (χ1n) is 6.24. The molecular weight excluding hydrogens is 248 g/mol. The van der Waals surface area contributed by atoms with Crippen LogP contribution < -0.4 is 4.90 Å². The van der Waals surface area contributed by atoms with Crippen molar-refractivity contribution in [3.63, 3.8) is 0 Å². The SMILES string of the molecule is CC(Cl)C(=O)N1Cc2ccccc2N(C)C[C@@H]1C. The number of likely N-dealkylation sites (N-methyl/N-ethyl adjacent to an activating group) is 1. The second kappa shape index (κ2) is 5.19. The lowest BCUT2D eigenvalue weighted by Gasteiger charge is -2.29. The number of carbonyl (C=O) groups is 1. The Bertz CT molecular complexity index is 447. The Morgan fingerprint density at radius 1 is 1.44 bits per heavy atom. The zero-order valence-corrected chi connectivity index (χ0v) is 11.8. The molecule has 0 fully saturated rings. The van der Waals surface area contributed by atoms with E-state index in [0.717, 1.165) is 6.54 Å². The fourth-order valence-electron chi connectivity index (χ4n) is 2.47. The quantitative estimate of drug-likeness (QED) is 0.729. The number of fused-ring (bicyclic) bond motifs is 1. The first kappa shape index (κ1) is 13.2. The molecule has 0 N–H and O–H groups in total.